The lowest BCUT2D eigenvalue weighted by Gasteiger charge is -2.28. The van der Waals surface area contributed by atoms with E-state index in [0.29, 0.717) is 13.0 Å². The minimum Gasteiger partial charge on any atom is -0.342 e. The van der Waals surface area contributed by atoms with Crippen LogP contribution in [-0.2, 0) is 11.2 Å². The van der Waals surface area contributed by atoms with E-state index in [9.17, 15) is 4.79 Å². The number of aryl methyl sites for hydroxylation is 1. The summed E-state index contributed by atoms with van der Waals surface area (Å²) in [5.41, 5.74) is 2.81. The Balaban J connectivity index is 1.62. The van der Waals surface area contributed by atoms with Crippen LogP contribution in [0.4, 0.5) is 0 Å². The number of benzene rings is 1. The first-order valence-electron chi connectivity index (χ1n) is 9.44. The van der Waals surface area contributed by atoms with Gasteiger partial charge in [-0.25, -0.2) is 4.98 Å². The fourth-order valence-electron chi connectivity index (χ4n) is 3.50. The van der Waals surface area contributed by atoms with Gasteiger partial charge in [0.25, 0.3) is 0 Å². The number of H-pyrrole nitrogens is 1. The maximum atomic E-state index is 12.5. The molecule has 6 nitrogen and oxygen atoms in total. The van der Waals surface area contributed by atoms with E-state index in [1.54, 1.807) is 4.90 Å². The zero-order valence-electron chi connectivity index (χ0n) is 16.2. The van der Waals surface area contributed by atoms with E-state index in [2.05, 4.69) is 30.2 Å². The largest absolute Gasteiger partial charge is 0.342 e. The number of carbonyl (C=O) groups excluding carboxylic acids is 1. The Hall–Kier alpha value is -2.65. The molecule has 1 fully saturated rings. The number of nitriles is 1. The first kappa shape index (κ1) is 19.1. The average molecular weight is 365 g/mol. The summed E-state index contributed by atoms with van der Waals surface area (Å²) in [6, 6.07) is 12.0. The highest BCUT2D eigenvalue weighted by molar-refractivity contribution is 5.79. The van der Waals surface area contributed by atoms with Crippen LogP contribution in [0.15, 0.2) is 30.3 Å². The third-order valence-corrected chi connectivity index (χ3v) is 5.08. The molecule has 6 heteroatoms. The molecule has 2 heterocycles. The number of nitrogens with one attached hydrogen (secondary N) is 2. The van der Waals surface area contributed by atoms with Gasteiger partial charge in [-0.05, 0) is 33.6 Å². The number of hydrogen-bond acceptors (Lipinski definition) is 4. The highest BCUT2D eigenvalue weighted by Crippen LogP contribution is 2.21. The van der Waals surface area contributed by atoms with Crippen molar-refractivity contribution in [2.45, 2.75) is 51.6 Å². The normalized spacial score (nSPS) is 17.1. The lowest BCUT2D eigenvalue weighted by molar-refractivity contribution is -0.130. The predicted octanol–water partition coefficient (Wildman–Crippen LogP) is 2.81. The van der Waals surface area contributed by atoms with Gasteiger partial charge in [0.1, 0.15) is 11.9 Å². The molecule has 2 N–H and O–H groups in total. The molecular formula is C21H27N5O. The van der Waals surface area contributed by atoms with E-state index >= 15 is 0 Å². The maximum absolute atomic E-state index is 12.5. The highest BCUT2D eigenvalue weighted by Gasteiger charge is 2.30. The van der Waals surface area contributed by atoms with Gasteiger partial charge in [-0.2, -0.15) is 5.26 Å². The van der Waals surface area contributed by atoms with Crippen molar-refractivity contribution in [2.24, 2.45) is 0 Å². The Kier molecular flexibility index (Phi) is 5.62. The molecule has 3 rings (SSSR count). The van der Waals surface area contributed by atoms with E-state index in [1.165, 1.54) is 0 Å². The van der Waals surface area contributed by atoms with Gasteiger partial charge in [-0.3, -0.25) is 4.79 Å². The Morgan fingerprint density at radius 1 is 1.41 bits per heavy atom. The average Bonchev–Trinajstić information content (AvgIpc) is 3.27. The van der Waals surface area contributed by atoms with Crippen LogP contribution in [0.1, 0.15) is 38.1 Å². The van der Waals surface area contributed by atoms with Crippen molar-refractivity contribution < 1.29 is 4.79 Å². The summed E-state index contributed by atoms with van der Waals surface area (Å²) in [7, 11) is 0. The first-order valence-corrected chi connectivity index (χ1v) is 9.44. The van der Waals surface area contributed by atoms with Crippen molar-refractivity contribution in [3.63, 3.8) is 0 Å². The molecule has 0 saturated carbocycles. The number of nitrogens with zero attached hydrogens (tertiary/aromatic N) is 3. The van der Waals surface area contributed by atoms with Crippen molar-refractivity contribution >= 4 is 5.91 Å². The van der Waals surface area contributed by atoms with Crippen molar-refractivity contribution in [3.05, 3.63) is 41.7 Å². The van der Waals surface area contributed by atoms with E-state index in [1.807, 2.05) is 37.3 Å². The third kappa shape index (κ3) is 4.55. The number of carbonyl (C=O) groups is 1. The third-order valence-electron chi connectivity index (χ3n) is 5.08. The smallest absolute Gasteiger partial charge is 0.237 e. The lowest BCUT2D eigenvalue weighted by Crippen LogP contribution is -2.48. The van der Waals surface area contributed by atoms with Crippen molar-refractivity contribution in [1.29, 1.82) is 5.26 Å². The van der Waals surface area contributed by atoms with E-state index < -0.39 is 0 Å². The molecule has 1 unspecified atom stereocenters. The van der Waals surface area contributed by atoms with Crippen LogP contribution in [0.25, 0.3) is 11.4 Å². The van der Waals surface area contributed by atoms with E-state index in [4.69, 9.17) is 10.2 Å². The predicted molar refractivity (Wildman–Crippen MR) is 105 cm³/mol. The van der Waals surface area contributed by atoms with Crippen LogP contribution in [0.5, 0.6) is 0 Å². The highest BCUT2D eigenvalue weighted by atomic mass is 16.2. The summed E-state index contributed by atoms with van der Waals surface area (Å²) < 4.78 is 0. The summed E-state index contributed by atoms with van der Waals surface area (Å²) in [6.07, 6.45) is 2.39. The number of likely N-dealkylation sites (tertiary alicyclic amines) is 1. The van der Waals surface area contributed by atoms with Crippen molar-refractivity contribution in [1.82, 2.24) is 20.2 Å². The second-order valence-corrected chi connectivity index (χ2v) is 7.81. The number of rotatable bonds is 6. The standard InChI is InChI=1S/C21H27N5O/c1-15-18(25-20(24-15)16-8-5-4-6-9-16)12-21(2,3)23-14-19(27)26-11-7-10-17(26)13-22/h4-6,8-9,17,23H,7,10-12,14H2,1-3H3,(H,24,25). The Labute approximate surface area is 160 Å². The lowest BCUT2D eigenvalue weighted by atomic mass is 9.97. The van der Waals surface area contributed by atoms with Gasteiger partial charge < -0.3 is 15.2 Å². The van der Waals surface area contributed by atoms with Crippen LogP contribution in [0.3, 0.4) is 0 Å². The fraction of sp³-hybridized carbons (Fsp3) is 0.476. The second-order valence-electron chi connectivity index (χ2n) is 7.81. The molecule has 27 heavy (non-hydrogen) atoms. The molecule has 1 amide bonds. The summed E-state index contributed by atoms with van der Waals surface area (Å²) >= 11 is 0. The molecule has 1 aromatic carbocycles. The van der Waals surface area contributed by atoms with Gasteiger partial charge in [-0.15, -0.1) is 0 Å². The van der Waals surface area contributed by atoms with Crippen LogP contribution in [0, 0.1) is 18.3 Å². The fourth-order valence-corrected chi connectivity index (χ4v) is 3.50. The van der Waals surface area contributed by atoms with Crippen LogP contribution in [0.2, 0.25) is 0 Å². The summed E-state index contributed by atoms with van der Waals surface area (Å²) in [5.74, 6) is 0.861. The molecule has 142 valence electrons. The molecular weight excluding hydrogens is 338 g/mol. The number of imidazole rings is 1. The summed E-state index contributed by atoms with van der Waals surface area (Å²) in [4.78, 5) is 22.3. The second kappa shape index (κ2) is 7.93. The van der Waals surface area contributed by atoms with Gasteiger partial charge in [0.05, 0.1) is 18.3 Å². The van der Waals surface area contributed by atoms with Gasteiger partial charge >= 0.3 is 0 Å². The number of amides is 1. The van der Waals surface area contributed by atoms with Gasteiger partial charge in [0.15, 0.2) is 0 Å². The van der Waals surface area contributed by atoms with Gasteiger partial charge in [0.2, 0.25) is 5.91 Å². The first-order chi connectivity index (χ1) is 12.9. The monoisotopic (exact) mass is 365 g/mol. The molecule has 0 radical (unpaired) electrons. The molecule has 1 aliphatic rings. The van der Waals surface area contributed by atoms with Crippen molar-refractivity contribution in [2.75, 3.05) is 13.1 Å². The zero-order valence-corrected chi connectivity index (χ0v) is 16.2. The number of aromatic nitrogens is 2. The SMILES string of the molecule is Cc1[nH]c(-c2ccccc2)nc1CC(C)(C)NCC(=O)N1CCCC1C#N. The zero-order chi connectivity index (χ0) is 19.4. The minimum absolute atomic E-state index is 0.00384. The molecule has 1 saturated heterocycles. The van der Waals surface area contributed by atoms with E-state index in [0.717, 1.165) is 35.6 Å². The Morgan fingerprint density at radius 2 is 2.15 bits per heavy atom. The number of hydrogen-bond donors (Lipinski definition) is 2. The van der Waals surface area contributed by atoms with Crippen LogP contribution in [-0.4, -0.2) is 45.4 Å². The molecule has 1 atom stereocenters. The quantitative estimate of drug-likeness (QED) is 0.824. The molecule has 2 aromatic rings. The Bertz CT molecular complexity index is 834. The van der Waals surface area contributed by atoms with Gasteiger partial charge in [-0.1, -0.05) is 30.3 Å². The van der Waals surface area contributed by atoms with Crippen LogP contribution >= 0.6 is 0 Å². The van der Waals surface area contributed by atoms with E-state index in [-0.39, 0.29) is 24.0 Å². The molecule has 0 aliphatic carbocycles. The van der Waals surface area contributed by atoms with Crippen molar-refractivity contribution in [3.8, 4) is 17.5 Å². The van der Waals surface area contributed by atoms with Crippen LogP contribution < -0.4 is 5.32 Å². The van der Waals surface area contributed by atoms with Gasteiger partial charge in [0, 0.05) is 29.8 Å². The molecule has 0 bridgehead atoms. The Morgan fingerprint density at radius 3 is 2.85 bits per heavy atom. The number of aromatic amines is 1. The maximum Gasteiger partial charge on any atom is 0.237 e. The minimum atomic E-state index is -0.286. The summed E-state index contributed by atoms with van der Waals surface area (Å²) in [6.45, 7) is 7.08. The molecule has 1 aliphatic heterocycles. The summed E-state index contributed by atoms with van der Waals surface area (Å²) in [5, 5.41) is 12.5. The molecule has 1 aromatic heterocycles. The molecule has 0 spiro atoms. The topological polar surface area (TPSA) is 84.8 Å².